The minimum Gasteiger partial charge on any atom is -0.376 e. The zero-order chi connectivity index (χ0) is 13.6. The molecular formula is C18H25NO. The van der Waals surface area contributed by atoms with Crippen LogP contribution in [-0.2, 0) is 4.74 Å². The van der Waals surface area contributed by atoms with E-state index in [1.54, 1.807) is 0 Å². The minimum absolute atomic E-state index is 0.702. The first-order valence-corrected chi connectivity index (χ1v) is 7.96. The maximum atomic E-state index is 5.66. The number of benzene rings is 1. The van der Waals surface area contributed by atoms with Crippen LogP contribution in [0.4, 0.5) is 0 Å². The molecule has 0 spiro atoms. The Hall–Kier alpha value is -1.12. The summed E-state index contributed by atoms with van der Waals surface area (Å²) in [5.74, 6) is 1.95. The highest BCUT2D eigenvalue weighted by molar-refractivity contribution is 5.48. The summed E-state index contributed by atoms with van der Waals surface area (Å²) in [6.45, 7) is 2.51. The lowest BCUT2D eigenvalue weighted by Crippen LogP contribution is -2.35. The molecule has 0 aliphatic heterocycles. The first kappa shape index (κ1) is 13.8. The molecule has 0 radical (unpaired) electrons. The van der Waals surface area contributed by atoms with E-state index in [4.69, 9.17) is 4.74 Å². The fourth-order valence-corrected chi connectivity index (χ4v) is 2.83. The van der Waals surface area contributed by atoms with Gasteiger partial charge in [0.25, 0.3) is 0 Å². The molecule has 2 nitrogen and oxygen atoms in total. The average molecular weight is 271 g/mol. The standard InChI is InChI=1S/C18H25NO/c1-2-5-15(6-3-1)7-4-13-20-14-12-19-18(16-8-9-16)17-10-11-17/h1-7,16-19H,8-14H2. The van der Waals surface area contributed by atoms with Gasteiger partial charge in [0.15, 0.2) is 0 Å². The molecule has 1 aromatic rings. The van der Waals surface area contributed by atoms with Gasteiger partial charge in [0.1, 0.15) is 0 Å². The van der Waals surface area contributed by atoms with Crippen LogP contribution in [0.25, 0.3) is 6.08 Å². The largest absolute Gasteiger partial charge is 0.376 e. The molecule has 3 rings (SSSR count). The number of rotatable bonds is 9. The molecule has 2 heteroatoms. The van der Waals surface area contributed by atoms with Crippen molar-refractivity contribution in [2.24, 2.45) is 11.8 Å². The normalized spacial score (nSPS) is 19.1. The molecule has 2 saturated carbocycles. The van der Waals surface area contributed by atoms with E-state index in [0.717, 1.165) is 31.0 Å². The molecule has 0 amide bonds. The summed E-state index contributed by atoms with van der Waals surface area (Å²) in [4.78, 5) is 0. The van der Waals surface area contributed by atoms with Crippen molar-refractivity contribution in [1.82, 2.24) is 5.32 Å². The fraction of sp³-hybridized carbons (Fsp3) is 0.556. The second-order valence-corrected chi connectivity index (χ2v) is 6.04. The van der Waals surface area contributed by atoms with E-state index in [2.05, 4.69) is 41.7 Å². The summed E-state index contributed by atoms with van der Waals surface area (Å²) in [6.07, 6.45) is 9.96. The van der Waals surface area contributed by atoms with E-state index in [0.29, 0.717) is 6.61 Å². The van der Waals surface area contributed by atoms with Gasteiger partial charge in [-0.2, -0.15) is 0 Å². The van der Waals surface area contributed by atoms with Gasteiger partial charge >= 0.3 is 0 Å². The zero-order valence-corrected chi connectivity index (χ0v) is 12.1. The Balaban J connectivity index is 1.26. The van der Waals surface area contributed by atoms with Crippen molar-refractivity contribution in [1.29, 1.82) is 0 Å². The third-order valence-electron chi connectivity index (χ3n) is 4.21. The predicted molar refractivity (Wildman–Crippen MR) is 83.5 cm³/mol. The van der Waals surface area contributed by atoms with Gasteiger partial charge in [-0.1, -0.05) is 42.5 Å². The third kappa shape index (κ3) is 4.46. The lowest BCUT2D eigenvalue weighted by atomic mass is 10.1. The Morgan fingerprint density at radius 3 is 2.45 bits per heavy atom. The summed E-state index contributed by atoms with van der Waals surface area (Å²) in [5.41, 5.74) is 1.23. The van der Waals surface area contributed by atoms with Gasteiger partial charge in [0.05, 0.1) is 13.2 Å². The maximum Gasteiger partial charge on any atom is 0.0651 e. The fourth-order valence-electron chi connectivity index (χ4n) is 2.83. The van der Waals surface area contributed by atoms with Crippen molar-refractivity contribution in [3.63, 3.8) is 0 Å². The Labute approximate surface area is 122 Å². The van der Waals surface area contributed by atoms with Gasteiger partial charge in [-0.25, -0.2) is 0 Å². The van der Waals surface area contributed by atoms with Crippen LogP contribution in [0.3, 0.4) is 0 Å². The van der Waals surface area contributed by atoms with Crippen molar-refractivity contribution in [3.8, 4) is 0 Å². The predicted octanol–water partition coefficient (Wildman–Crippen LogP) is 3.49. The van der Waals surface area contributed by atoms with Crippen LogP contribution in [0.2, 0.25) is 0 Å². The molecule has 0 bridgehead atoms. The monoisotopic (exact) mass is 271 g/mol. The molecule has 0 unspecified atom stereocenters. The second-order valence-electron chi connectivity index (χ2n) is 6.04. The molecule has 2 aliphatic rings. The molecular weight excluding hydrogens is 246 g/mol. The Kier molecular flexibility index (Phi) is 4.88. The molecule has 20 heavy (non-hydrogen) atoms. The first-order valence-electron chi connectivity index (χ1n) is 7.96. The van der Waals surface area contributed by atoms with Gasteiger partial charge in [0.2, 0.25) is 0 Å². The number of ether oxygens (including phenoxy) is 1. The quantitative estimate of drug-likeness (QED) is 0.694. The van der Waals surface area contributed by atoms with Crippen molar-refractivity contribution in [3.05, 3.63) is 42.0 Å². The third-order valence-corrected chi connectivity index (χ3v) is 4.21. The Bertz CT molecular complexity index is 408. The molecule has 0 saturated heterocycles. The smallest absolute Gasteiger partial charge is 0.0651 e. The average Bonchev–Trinajstić information content (AvgIpc) is 3.37. The van der Waals surface area contributed by atoms with Gasteiger partial charge < -0.3 is 10.1 Å². The van der Waals surface area contributed by atoms with E-state index >= 15 is 0 Å². The van der Waals surface area contributed by atoms with Crippen LogP contribution >= 0.6 is 0 Å². The lowest BCUT2D eigenvalue weighted by molar-refractivity contribution is 0.159. The van der Waals surface area contributed by atoms with Crippen LogP contribution < -0.4 is 5.32 Å². The topological polar surface area (TPSA) is 21.3 Å². The van der Waals surface area contributed by atoms with E-state index < -0.39 is 0 Å². The van der Waals surface area contributed by atoms with Crippen LogP contribution in [0.1, 0.15) is 31.2 Å². The molecule has 0 heterocycles. The van der Waals surface area contributed by atoms with E-state index in [1.807, 2.05) is 6.07 Å². The van der Waals surface area contributed by atoms with Crippen LogP contribution in [-0.4, -0.2) is 25.8 Å². The highest BCUT2D eigenvalue weighted by Gasteiger charge is 2.40. The Morgan fingerprint density at radius 1 is 1.10 bits per heavy atom. The van der Waals surface area contributed by atoms with Crippen molar-refractivity contribution in [2.45, 2.75) is 31.7 Å². The van der Waals surface area contributed by atoms with Gasteiger partial charge in [-0.3, -0.25) is 0 Å². The highest BCUT2D eigenvalue weighted by atomic mass is 16.5. The summed E-state index contributed by atoms with van der Waals surface area (Å²) in [7, 11) is 0. The van der Waals surface area contributed by atoms with E-state index in [-0.39, 0.29) is 0 Å². The van der Waals surface area contributed by atoms with Crippen molar-refractivity contribution < 1.29 is 4.74 Å². The maximum absolute atomic E-state index is 5.66. The number of hydrogen-bond acceptors (Lipinski definition) is 2. The summed E-state index contributed by atoms with van der Waals surface area (Å²) < 4.78 is 5.66. The number of hydrogen-bond donors (Lipinski definition) is 1. The molecule has 2 aliphatic carbocycles. The summed E-state index contributed by atoms with van der Waals surface area (Å²) >= 11 is 0. The molecule has 2 fully saturated rings. The molecule has 0 aromatic heterocycles. The number of nitrogens with one attached hydrogen (secondary N) is 1. The van der Waals surface area contributed by atoms with Crippen LogP contribution in [0.5, 0.6) is 0 Å². The zero-order valence-electron chi connectivity index (χ0n) is 12.1. The van der Waals surface area contributed by atoms with Gasteiger partial charge in [-0.05, 0) is 43.1 Å². The van der Waals surface area contributed by atoms with Crippen molar-refractivity contribution in [2.75, 3.05) is 19.8 Å². The minimum atomic E-state index is 0.702. The first-order chi connectivity index (χ1) is 9.93. The molecule has 108 valence electrons. The van der Waals surface area contributed by atoms with Crippen LogP contribution in [0, 0.1) is 11.8 Å². The molecule has 1 aromatic carbocycles. The summed E-state index contributed by atoms with van der Waals surface area (Å²) in [5, 5.41) is 3.70. The molecule has 0 atom stereocenters. The van der Waals surface area contributed by atoms with Crippen LogP contribution in [0.15, 0.2) is 36.4 Å². The van der Waals surface area contributed by atoms with E-state index in [1.165, 1.54) is 31.2 Å². The Morgan fingerprint density at radius 2 is 1.80 bits per heavy atom. The highest BCUT2D eigenvalue weighted by Crippen LogP contribution is 2.44. The SMILES string of the molecule is C(=Cc1ccccc1)COCCNC(C1CC1)C1CC1. The second kappa shape index (κ2) is 7.05. The lowest BCUT2D eigenvalue weighted by Gasteiger charge is -2.17. The van der Waals surface area contributed by atoms with E-state index in [9.17, 15) is 0 Å². The van der Waals surface area contributed by atoms with Crippen molar-refractivity contribution >= 4 is 6.08 Å². The van der Waals surface area contributed by atoms with Gasteiger partial charge in [0, 0.05) is 12.6 Å². The molecule has 1 N–H and O–H groups in total. The van der Waals surface area contributed by atoms with Gasteiger partial charge in [-0.15, -0.1) is 0 Å². The summed E-state index contributed by atoms with van der Waals surface area (Å²) in [6, 6.07) is 11.1.